The zero-order valence-electron chi connectivity index (χ0n) is 45.4. The molecule has 0 heterocycles. The summed E-state index contributed by atoms with van der Waals surface area (Å²) in [6, 6.07) is 83.8. The molecule has 13 aromatic rings. The molecule has 0 bridgehead atoms. The summed E-state index contributed by atoms with van der Waals surface area (Å²) in [4.78, 5) is 4.88. The van der Waals surface area contributed by atoms with Gasteiger partial charge in [0.1, 0.15) is 5.75 Å². The van der Waals surface area contributed by atoms with E-state index in [1.54, 1.807) is 0 Å². The van der Waals surface area contributed by atoms with E-state index in [0.29, 0.717) is 0 Å². The molecule has 0 aliphatic heterocycles. The quantitative estimate of drug-likeness (QED) is 0.128. The molecular weight excluding hydrogens is 933 g/mol. The molecule has 3 heteroatoms. The fraction of sp³-hybridized carbons (Fsp3) is 0.162. The van der Waals surface area contributed by atoms with E-state index < -0.39 is 0 Å². The topological polar surface area (TPSA) is 15.7 Å². The van der Waals surface area contributed by atoms with E-state index >= 15 is 0 Å². The maximum absolute atomic E-state index is 6.32. The number of nitrogens with zero attached hydrogens (tertiary/aromatic N) is 2. The van der Waals surface area contributed by atoms with Crippen LogP contribution in [0.15, 0.2) is 224 Å². The molecule has 0 radical (unpaired) electrons. The molecule has 0 fully saturated rings. The van der Waals surface area contributed by atoms with Gasteiger partial charge < -0.3 is 14.5 Å². The first-order valence-corrected chi connectivity index (χ1v) is 27.5. The molecular formula is C74H64N2O. The molecule has 0 aliphatic rings. The lowest BCUT2D eigenvalue weighted by Crippen LogP contribution is -2.13. The van der Waals surface area contributed by atoms with E-state index in [1.807, 2.05) is 0 Å². The second kappa shape index (κ2) is 18.6. The van der Waals surface area contributed by atoms with Crippen molar-refractivity contribution >= 4 is 98.8 Å². The van der Waals surface area contributed by atoms with Crippen LogP contribution in [-0.2, 0) is 10.8 Å². The van der Waals surface area contributed by atoms with Crippen molar-refractivity contribution in [2.24, 2.45) is 0 Å². The fourth-order valence-corrected chi connectivity index (χ4v) is 12.3. The lowest BCUT2D eigenvalue weighted by molar-refractivity contribution is 0.217. The number of fused-ring (bicyclic) bond motifs is 6. The SMILES string of the molecule is CCC(C)Oc1ccc(N(c2ccc(C(C)(C)C)cc2)c2ccc3c4c(-c5ccccc5)c5c6ccc(N(c7ccccc7)c7ccc(C(C)(C)C)cc7)c7cccc(c5c(-c5ccccc5)c4c4cccc2c43)c76)cc1. The largest absolute Gasteiger partial charge is 0.491 e. The zero-order chi connectivity index (χ0) is 52.7. The number of rotatable bonds is 11. The Balaban J connectivity index is 1.13. The predicted molar refractivity (Wildman–Crippen MR) is 332 cm³/mol. The predicted octanol–water partition coefficient (Wildman–Crippen LogP) is 21.5. The van der Waals surface area contributed by atoms with Crippen LogP contribution in [0.1, 0.15) is 72.9 Å². The molecule has 1 unspecified atom stereocenters. The van der Waals surface area contributed by atoms with Gasteiger partial charge in [0.2, 0.25) is 0 Å². The van der Waals surface area contributed by atoms with Crippen molar-refractivity contribution < 1.29 is 4.74 Å². The third kappa shape index (κ3) is 8.02. The fourth-order valence-electron chi connectivity index (χ4n) is 12.3. The second-order valence-electron chi connectivity index (χ2n) is 23.1. The number of hydrogen-bond donors (Lipinski definition) is 0. The molecule has 1 atom stereocenters. The Labute approximate surface area is 453 Å². The van der Waals surface area contributed by atoms with Crippen molar-refractivity contribution in [2.75, 3.05) is 9.80 Å². The Morgan fingerprint density at radius 3 is 1.05 bits per heavy atom. The van der Waals surface area contributed by atoms with E-state index in [1.165, 1.54) is 98.0 Å². The van der Waals surface area contributed by atoms with Gasteiger partial charge in [0.05, 0.1) is 17.5 Å². The molecule has 77 heavy (non-hydrogen) atoms. The number of hydrogen-bond acceptors (Lipinski definition) is 3. The van der Waals surface area contributed by atoms with Crippen molar-refractivity contribution in [3.63, 3.8) is 0 Å². The lowest BCUT2D eigenvalue weighted by atomic mass is 9.87. The molecule has 0 N–H and O–H groups in total. The monoisotopic (exact) mass is 997 g/mol. The summed E-state index contributed by atoms with van der Waals surface area (Å²) in [5.74, 6) is 0.879. The van der Waals surface area contributed by atoms with E-state index in [-0.39, 0.29) is 16.9 Å². The Hall–Kier alpha value is -8.66. The highest BCUT2D eigenvalue weighted by Crippen LogP contribution is 2.58. The highest BCUT2D eigenvalue weighted by molar-refractivity contribution is 6.47. The molecule has 0 aromatic heterocycles. The molecule has 376 valence electrons. The minimum atomic E-state index is 0.0229. The number of para-hydroxylation sites is 1. The van der Waals surface area contributed by atoms with Gasteiger partial charge in [-0.1, -0.05) is 200 Å². The summed E-state index contributed by atoms with van der Waals surface area (Å²) in [6.07, 6.45) is 1.08. The Morgan fingerprint density at radius 1 is 0.338 bits per heavy atom. The van der Waals surface area contributed by atoms with Gasteiger partial charge in [-0.15, -0.1) is 0 Å². The summed E-state index contributed by atoms with van der Waals surface area (Å²) < 4.78 is 6.32. The van der Waals surface area contributed by atoms with Gasteiger partial charge in [-0.05, 0) is 184 Å². The Bertz CT molecular complexity index is 4170. The minimum absolute atomic E-state index is 0.0229. The van der Waals surface area contributed by atoms with Crippen molar-refractivity contribution in [1.82, 2.24) is 0 Å². The average Bonchev–Trinajstić information content (AvgIpc) is 4.05. The summed E-state index contributed by atoms with van der Waals surface area (Å²) in [6.45, 7) is 18.0. The normalized spacial score (nSPS) is 12.7. The summed E-state index contributed by atoms with van der Waals surface area (Å²) >= 11 is 0. The van der Waals surface area contributed by atoms with Crippen LogP contribution >= 0.6 is 0 Å². The van der Waals surface area contributed by atoms with Crippen LogP contribution < -0.4 is 14.5 Å². The molecule has 0 saturated carbocycles. The van der Waals surface area contributed by atoms with Gasteiger partial charge >= 0.3 is 0 Å². The lowest BCUT2D eigenvalue weighted by Gasteiger charge is -2.28. The Morgan fingerprint density at radius 2 is 0.675 bits per heavy atom. The third-order valence-corrected chi connectivity index (χ3v) is 16.2. The van der Waals surface area contributed by atoms with E-state index in [2.05, 4.69) is 290 Å². The van der Waals surface area contributed by atoms with Gasteiger partial charge in [-0.25, -0.2) is 0 Å². The van der Waals surface area contributed by atoms with Crippen LogP contribution in [0, 0.1) is 0 Å². The molecule has 3 nitrogen and oxygen atoms in total. The highest BCUT2D eigenvalue weighted by atomic mass is 16.5. The van der Waals surface area contributed by atoms with Crippen molar-refractivity contribution in [3.05, 3.63) is 236 Å². The maximum atomic E-state index is 6.32. The number of benzene rings is 11. The molecule has 0 spiro atoms. The van der Waals surface area contributed by atoms with Gasteiger partial charge in [0.25, 0.3) is 0 Å². The van der Waals surface area contributed by atoms with Gasteiger partial charge in [0, 0.05) is 33.5 Å². The molecule has 0 amide bonds. The summed E-state index contributed by atoms with van der Waals surface area (Å²) in [7, 11) is 0. The van der Waals surface area contributed by atoms with Crippen LogP contribution in [0.5, 0.6) is 5.75 Å². The molecule has 0 aliphatic carbocycles. The smallest absolute Gasteiger partial charge is 0.119 e. The maximum Gasteiger partial charge on any atom is 0.119 e. The van der Waals surface area contributed by atoms with Crippen LogP contribution in [0.2, 0.25) is 0 Å². The summed E-state index contributed by atoms with van der Waals surface area (Å²) in [5.41, 5.74) is 14.4. The molecule has 13 rings (SSSR count). The molecule has 0 saturated heterocycles. The average molecular weight is 997 g/mol. The molecule has 13 aromatic carbocycles. The first kappa shape index (κ1) is 48.0. The Kier molecular flexibility index (Phi) is 11.6. The summed E-state index contributed by atoms with van der Waals surface area (Å²) in [5, 5.41) is 15.2. The standard InChI is InChI=1S/C74H64N2O/c1-9-47(2)77-56-41-39-55(40-42-56)76(54-37-33-51(34-38-54)74(6,7)8)64-46-44-62-68-58(64)28-20-30-60(68)70-65(48-21-13-10-14-22-48)69-59-29-19-27-57-63(45-43-61(67(57)59)71(69)66(72(62)70)49-23-15-11-16-24-49)75(52-25-17-12-18-26-52)53-35-31-50(32-36-53)73(3,4)5/h10-47H,9H2,1-8H3. The highest BCUT2D eigenvalue weighted by Gasteiger charge is 2.30. The number of ether oxygens (including phenoxy) is 1. The van der Waals surface area contributed by atoms with Crippen molar-refractivity contribution in [1.29, 1.82) is 0 Å². The van der Waals surface area contributed by atoms with Gasteiger partial charge in [0.15, 0.2) is 0 Å². The van der Waals surface area contributed by atoms with Gasteiger partial charge in [-0.2, -0.15) is 0 Å². The number of anilines is 6. The van der Waals surface area contributed by atoms with Crippen LogP contribution in [-0.4, -0.2) is 6.10 Å². The minimum Gasteiger partial charge on any atom is -0.491 e. The van der Waals surface area contributed by atoms with Crippen molar-refractivity contribution in [3.8, 4) is 28.0 Å². The third-order valence-electron chi connectivity index (χ3n) is 16.2. The second-order valence-corrected chi connectivity index (χ2v) is 23.1. The van der Waals surface area contributed by atoms with Crippen LogP contribution in [0.3, 0.4) is 0 Å². The van der Waals surface area contributed by atoms with E-state index in [9.17, 15) is 0 Å². The first-order valence-electron chi connectivity index (χ1n) is 27.5. The van der Waals surface area contributed by atoms with Crippen molar-refractivity contribution in [2.45, 2.75) is 78.7 Å². The van der Waals surface area contributed by atoms with Crippen LogP contribution in [0.4, 0.5) is 34.1 Å². The van der Waals surface area contributed by atoms with E-state index in [4.69, 9.17) is 4.74 Å². The van der Waals surface area contributed by atoms with Crippen LogP contribution in [0.25, 0.3) is 86.9 Å². The zero-order valence-corrected chi connectivity index (χ0v) is 45.4. The first-order chi connectivity index (χ1) is 37.4. The van der Waals surface area contributed by atoms with E-state index in [0.717, 1.165) is 46.3 Å². The van der Waals surface area contributed by atoms with Gasteiger partial charge in [-0.3, -0.25) is 0 Å².